The first-order chi connectivity index (χ1) is 8.29. The van der Waals surface area contributed by atoms with E-state index in [1.807, 2.05) is 6.07 Å². The molecule has 0 aliphatic carbocycles. The Morgan fingerprint density at radius 3 is 2.12 bits per heavy atom. The third kappa shape index (κ3) is 3.35. The summed E-state index contributed by atoms with van der Waals surface area (Å²) >= 11 is 1.77. The van der Waals surface area contributed by atoms with E-state index in [1.165, 1.54) is 15.4 Å². The summed E-state index contributed by atoms with van der Waals surface area (Å²) in [6.45, 7) is 2.11. The van der Waals surface area contributed by atoms with Crippen molar-refractivity contribution in [1.29, 1.82) is 0 Å². The van der Waals surface area contributed by atoms with Gasteiger partial charge in [0.15, 0.2) is 0 Å². The van der Waals surface area contributed by atoms with Crippen molar-refractivity contribution < 1.29 is 0 Å². The van der Waals surface area contributed by atoms with Crippen LogP contribution in [-0.4, -0.2) is 0 Å². The minimum absolute atomic E-state index is 0.158. The molecule has 0 bridgehead atoms. The van der Waals surface area contributed by atoms with Crippen molar-refractivity contribution >= 4 is 11.8 Å². The van der Waals surface area contributed by atoms with Gasteiger partial charge in [-0.25, -0.2) is 0 Å². The van der Waals surface area contributed by atoms with Crippen LogP contribution in [0.3, 0.4) is 0 Å². The van der Waals surface area contributed by atoms with E-state index in [1.54, 1.807) is 11.8 Å². The Kier molecular flexibility index (Phi) is 4.24. The molecule has 0 saturated carbocycles. The van der Waals surface area contributed by atoms with Gasteiger partial charge in [0.25, 0.3) is 0 Å². The average Bonchev–Trinajstić information content (AvgIpc) is 2.40. The molecule has 0 aromatic heterocycles. The molecule has 2 N–H and O–H groups in total. The van der Waals surface area contributed by atoms with Crippen molar-refractivity contribution in [2.24, 2.45) is 5.73 Å². The molecule has 0 unspecified atom stereocenters. The predicted octanol–water partition coefficient (Wildman–Crippen LogP) is 4.25. The lowest BCUT2D eigenvalue weighted by molar-refractivity contribution is 0.698. The second-order valence-electron chi connectivity index (χ2n) is 4.00. The SMILES string of the molecule is CC[C@@H](N)c1ccc(Sc2ccccc2)cc1. The Hall–Kier alpha value is -1.25. The molecule has 17 heavy (non-hydrogen) atoms. The maximum Gasteiger partial charge on any atom is 0.0292 e. The number of rotatable bonds is 4. The highest BCUT2D eigenvalue weighted by Gasteiger charge is 2.03. The first kappa shape index (κ1) is 12.2. The third-order valence-electron chi connectivity index (χ3n) is 2.73. The van der Waals surface area contributed by atoms with Crippen molar-refractivity contribution in [2.45, 2.75) is 29.2 Å². The average molecular weight is 243 g/mol. The van der Waals surface area contributed by atoms with Crippen LogP contribution in [0.2, 0.25) is 0 Å². The van der Waals surface area contributed by atoms with Gasteiger partial charge in [0.2, 0.25) is 0 Å². The fraction of sp³-hybridized carbons (Fsp3) is 0.200. The Morgan fingerprint density at radius 2 is 1.53 bits per heavy atom. The van der Waals surface area contributed by atoms with Crippen LogP contribution in [0, 0.1) is 0 Å². The number of nitrogens with two attached hydrogens (primary N) is 1. The smallest absolute Gasteiger partial charge is 0.0292 e. The summed E-state index contributed by atoms with van der Waals surface area (Å²) < 4.78 is 0. The fourth-order valence-electron chi connectivity index (χ4n) is 1.64. The normalized spacial score (nSPS) is 12.4. The van der Waals surface area contributed by atoms with E-state index < -0.39 is 0 Å². The predicted molar refractivity (Wildman–Crippen MR) is 74.2 cm³/mol. The minimum Gasteiger partial charge on any atom is -0.324 e. The second kappa shape index (κ2) is 5.89. The van der Waals surface area contributed by atoms with Gasteiger partial charge in [-0.05, 0) is 36.2 Å². The molecule has 1 atom stereocenters. The van der Waals surface area contributed by atoms with Crippen LogP contribution in [0.25, 0.3) is 0 Å². The molecule has 1 nitrogen and oxygen atoms in total. The molecule has 2 rings (SSSR count). The zero-order valence-electron chi connectivity index (χ0n) is 9.97. The minimum atomic E-state index is 0.158. The van der Waals surface area contributed by atoms with Crippen LogP contribution in [0.15, 0.2) is 64.4 Å². The lowest BCUT2D eigenvalue weighted by atomic mass is 10.1. The summed E-state index contributed by atoms with van der Waals surface area (Å²) in [5.41, 5.74) is 7.20. The third-order valence-corrected chi connectivity index (χ3v) is 3.74. The zero-order chi connectivity index (χ0) is 12.1. The quantitative estimate of drug-likeness (QED) is 0.868. The van der Waals surface area contributed by atoms with Gasteiger partial charge < -0.3 is 5.73 Å². The highest BCUT2D eigenvalue weighted by atomic mass is 32.2. The maximum atomic E-state index is 5.99. The van der Waals surface area contributed by atoms with E-state index in [2.05, 4.69) is 55.5 Å². The lowest BCUT2D eigenvalue weighted by Crippen LogP contribution is -2.07. The number of benzene rings is 2. The summed E-state index contributed by atoms with van der Waals surface area (Å²) in [5.74, 6) is 0. The van der Waals surface area contributed by atoms with Crippen LogP contribution in [0.5, 0.6) is 0 Å². The summed E-state index contributed by atoms with van der Waals surface area (Å²) in [6, 6.07) is 19.1. The van der Waals surface area contributed by atoms with E-state index in [0.29, 0.717) is 0 Å². The molecule has 0 aliphatic heterocycles. The van der Waals surface area contributed by atoms with E-state index in [4.69, 9.17) is 5.73 Å². The second-order valence-corrected chi connectivity index (χ2v) is 5.15. The Labute approximate surface area is 107 Å². The van der Waals surface area contributed by atoms with E-state index in [9.17, 15) is 0 Å². The molecule has 0 fully saturated rings. The van der Waals surface area contributed by atoms with Gasteiger partial charge in [0, 0.05) is 15.8 Å². The van der Waals surface area contributed by atoms with Crippen LogP contribution in [0.4, 0.5) is 0 Å². The molecule has 0 radical (unpaired) electrons. The van der Waals surface area contributed by atoms with Gasteiger partial charge in [0.05, 0.1) is 0 Å². The van der Waals surface area contributed by atoms with Crippen LogP contribution in [0.1, 0.15) is 24.9 Å². The Balaban J connectivity index is 2.08. The highest BCUT2D eigenvalue weighted by Crippen LogP contribution is 2.28. The molecule has 0 spiro atoms. The molecule has 88 valence electrons. The molecular formula is C15H17NS. The molecule has 0 aliphatic rings. The standard InChI is InChI=1S/C15H17NS/c1-2-15(16)12-8-10-14(11-9-12)17-13-6-4-3-5-7-13/h3-11,15H,2,16H2,1H3/t15-/m1/s1. The van der Waals surface area contributed by atoms with E-state index in [0.717, 1.165) is 6.42 Å². The molecule has 2 heteroatoms. The summed E-state index contributed by atoms with van der Waals surface area (Å²) in [7, 11) is 0. The lowest BCUT2D eigenvalue weighted by Gasteiger charge is -2.09. The Bertz CT molecular complexity index is 450. The van der Waals surface area contributed by atoms with E-state index >= 15 is 0 Å². The van der Waals surface area contributed by atoms with E-state index in [-0.39, 0.29) is 6.04 Å². The van der Waals surface area contributed by atoms with Crippen LogP contribution < -0.4 is 5.73 Å². The molecular weight excluding hydrogens is 226 g/mol. The van der Waals surface area contributed by atoms with Gasteiger partial charge in [-0.15, -0.1) is 0 Å². The summed E-state index contributed by atoms with van der Waals surface area (Å²) in [5, 5.41) is 0. The Morgan fingerprint density at radius 1 is 0.941 bits per heavy atom. The van der Waals surface area contributed by atoms with Gasteiger partial charge in [0.1, 0.15) is 0 Å². The van der Waals surface area contributed by atoms with Crippen LogP contribution in [-0.2, 0) is 0 Å². The van der Waals surface area contributed by atoms with Crippen LogP contribution >= 0.6 is 11.8 Å². The number of hydrogen-bond donors (Lipinski definition) is 1. The maximum absolute atomic E-state index is 5.99. The van der Waals surface area contributed by atoms with Crippen molar-refractivity contribution in [1.82, 2.24) is 0 Å². The van der Waals surface area contributed by atoms with Crippen molar-refractivity contribution in [3.05, 3.63) is 60.2 Å². The van der Waals surface area contributed by atoms with Crippen molar-refractivity contribution in [3.8, 4) is 0 Å². The van der Waals surface area contributed by atoms with Gasteiger partial charge in [-0.2, -0.15) is 0 Å². The molecule has 0 saturated heterocycles. The highest BCUT2D eigenvalue weighted by molar-refractivity contribution is 7.99. The van der Waals surface area contributed by atoms with Crippen molar-refractivity contribution in [3.63, 3.8) is 0 Å². The van der Waals surface area contributed by atoms with Gasteiger partial charge in [-0.3, -0.25) is 0 Å². The first-order valence-electron chi connectivity index (χ1n) is 5.88. The molecule has 0 amide bonds. The molecule has 2 aromatic rings. The van der Waals surface area contributed by atoms with Gasteiger partial charge >= 0.3 is 0 Å². The largest absolute Gasteiger partial charge is 0.324 e. The monoisotopic (exact) mass is 243 g/mol. The number of hydrogen-bond acceptors (Lipinski definition) is 2. The van der Waals surface area contributed by atoms with Crippen molar-refractivity contribution in [2.75, 3.05) is 0 Å². The summed E-state index contributed by atoms with van der Waals surface area (Å²) in [4.78, 5) is 2.52. The fourth-order valence-corrected chi connectivity index (χ4v) is 2.48. The first-order valence-corrected chi connectivity index (χ1v) is 6.69. The summed E-state index contributed by atoms with van der Waals surface area (Å²) in [6.07, 6.45) is 0.977. The van der Waals surface area contributed by atoms with Gasteiger partial charge in [-0.1, -0.05) is 49.0 Å². The molecule has 2 aromatic carbocycles. The topological polar surface area (TPSA) is 26.0 Å². The zero-order valence-corrected chi connectivity index (χ0v) is 10.8. The molecule has 0 heterocycles.